The second kappa shape index (κ2) is 2.90. The Morgan fingerprint density at radius 2 is 2.17 bits per heavy atom. The first-order chi connectivity index (χ1) is 5.49. The van der Waals surface area contributed by atoms with Gasteiger partial charge in [-0.25, -0.2) is 0 Å². The van der Waals surface area contributed by atoms with Crippen LogP contribution in [0.2, 0.25) is 0 Å². The third kappa shape index (κ3) is 1.37. The van der Waals surface area contributed by atoms with Crippen molar-refractivity contribution in [3.05, 3.63) is 12.7 Å². The molecular weight excluding hydrogens is 154 g/mol. The molecule has 0 radical (unpaired) electrons. The molecule has 0 saturated carbocycles. The average Bonchev–Trinajstić information content (AvgIpc) is 1.96. The van der Waals surface area contributed by atoms with Gasteiger partial charge in [0.25, 0.3) is 0 Å². The number of amides is 1. The molecule has 1 fully saturated rings. The van der Waals surface area contributed by atoms with Crippen LogP contribution in [0.3, 0.4) is 0 Å². The van der Waals surface area contributed by atoms with E-state index >= 15 is 0 Å². The summed E-state index contributed by atoms with van der Waals surface area (Å²) in [5.41, 5.74) is -0.668. The van der Waals surface area contributed by atoms with E-state index < -0.39 is 5.60 Å². The number of aliphatic hydroxyl groups is 1. The zero-order valence-corrected chi connectivity index (χ0v) is 7.58. The normalized spacial score (nSPS) is 20.5. The number of likely N-dealkylation sites (tertiary alicyclic amines) is 1. The van der Waals surface area contributed by atoms with Gasteiger partial charge in [0.15, 0.2) is 0 Å². The van der Waals surface area contributed by atoms with Crippen LogP contribution in [0, 0.1) is 5.92 Å². The Bertz CT molecular complexity index is 205. The number of hydrogen-bond donors (Lipinski definition) is 1. The van der Waals surface area contributed by atoms with Gasteiger partial charge in [-0.3, -0.25) is 4.79 Å². The van der Waals surface area contributed by atoms with E-state index in [0.29, 0.717) is 13.1 Å². The molecule has 1 amide bonds. The average molecular weight is 169 g/mol. The Labute approximate surface area is 72.7 Å². The molecule has 1 saturated heterocycles. The Morgan fingerprint density at radius 1 is 1.67 bits per heavy atom. The molecule has 1 heterocycles. The summed E-state index contributed by atoms with van der Waals surface area (Å²) in [6.45, 7) is 8.17. The zero-order chi connectivity index (χ0) is 9.35. The van der Waals surface area contributed by atoms with Crippen molar-refractivity contribution in [2.45, 2.75) is 19.4 Å². The van der Waals surface area contributed by atoms with Gasteiger partial charge in [-0.05, 0) is 12.0 Å². The number of rotatable bonds is 2. The molecule has 1 aliphatic rings. The fraction of sp³-hybridized carbons (Fsp3) is 0.667. The van der Waals surface area contributed by atoms with E-state index in [1.54, 1.807) is 4.90 Å². The molecule has 3 nitrogen and oxygen atoms in total. The first kappa shape index (κ1) is 9.26. The summed E-state index contributed by atoms with van der Waals surface area (Å²) in [5.74, 6) is 0.103. The number of nitrogens with zero attached hydrogens (tertiary/aromatic N) is 1. The Morgan fingerprint density at radius 3 is 2.50 bits per heavy atom. The number of carbonyl (C=O) groups excluding carboxylic acids is 1. The Kier molecular flexibility index (Phi) is 2.24. The first-order valence-corrected chi connectivity index (χ1v) is 4.13. The molecule has 68 valence electrons. The van der Waals surface area contributed by atoms with Crippen LogP contribution in [-0.2, 0) is 4.79 Å². The van der Waals surface area contributed by atoms with Crippen molar-refractivity contribution < 1.29 is 9.90 Å². The summed E-state index contributed by atoms with van der Waals surface area (Å²) in [7, 11) is 0. The fourth-order valence-corrected chi connectivity index (χ4v) is 1.26. The van der Waals surface area contributed by atoms with Gasteiger partial charge in [-0.2, -0.15) is 0 Å². The SMILES string of the molecule is C=CC(=O)N1CC(O)(C(C)C)C1. The van der Waals surface area contributed by atoms with Crippen LogP contribution >= 0.6 is 0 Å². The largest absolute Gasteiger partial charge is 0.386 e. The van der Waals surface area contributed by atoms with E-state index in [0.717, 1.165) is 0 Å². The molecule has 0 bridgehead atoms. The van der Waals surface area contributed by atoms with Crippen LogP contribution in [0.25, 0.3) is 0 Å². The minimum atomic E-state index is -0.668. The Hall–Kier alpha value is -0.830. The van der Waals surface area contributed by atoms with E-state index in [9.17, 15) is 9.90 Å². The van der Waals surface area contributed by atoms with Crippen molar-refractivity contribution in [1.82, 2.24) is 4.90 Å². The lowest BCUT2D eigenvalue weighted by atomic mass is 9.83. The van der Waals surface area contributed by atoms with Gasteiger partial charge < -0.3 is 10.0 Å². The second-order valence-electron chi connectivity index (χ2n) is 3.66. The van der Waals surface area contributed by atoms with Crippen molar-refractivity contribution in [2.75, 3.05) is 13.1 Å². The van der Waals surface area contributed by atoms with E-state index in [1.165, 1.54) is 6.08 Å². The van der Waals surface area contributed by atoms with Crippen molar-refractivity contribution >= 4 is 5.91 Å². The van der Waals surface area contributed by atoms with Crippen molar-refractivity contribution in [2.24, 2.45) is 5.92 Å². The summed E-state index contributed by atoms with van der Waals surface area (Å²) in [6.07, 6.45) is 1.28. The highest BCUT2D eigenvalue weighted by molar-refractivity contribution is 5.87. The smallest absolute Gasteiger partial charge is 0.246 e. The molecule has 0 aromatic rings. The maximum Gasteiger partial charge on any atom is 0.246 e. The summed E-state index contributed by atoms with van der Waals surface area (Å²) in [6, 6.07) is 0. The van der Waals surface area contributed by atoms with Gasteiger partial charge in [-0.1, -0.05) is 20.4 Å². The van der Waals surface area contributed by atoms with Crippen molar-refractivity contribution in [3.8, 4) is 0 Å². The maximum absolute atomic E-state index is 11.0. The van der Waals surface area contributed by atoms with Crippen LogP contribution in [0.1, 0.15) is 13.8 Å². The molecular formula is C9H15NO2. The van der Waals surface area contributed by atoms with Gasteiger partial charge in [0.2, 0.25) is 5.91 Å². The van der Waals surface area contributed by atoms with Crippen LogP contribution in [-0.4, -0.2) is 34.6 Å². The highest BCUT2D eigenvalue weighted by atomic mass is 16.3. The van der Waals surface area contributed by atoms with E-state index in [-0.39, 0.29) is 11.8 Å². The van der Waals surface area contributed by atoms with Crippen LogP contribution in [0.4, 0.5) is 0 Å². The molecule has 1 rings (SSSR count). The molecule has 0 spiro atoms. The van der Waals surface area contributed by atoms with Crippen LogP contribution in [0.5, 0.6) is 0 Å². The molecule has 1 N–H and O–H groups in total. The monoisotopic (exact) mass is 169 g/mol. The number of carbonyl (C=O) groups is 1. The summed E-state index contributed by atoms with van der Waals surface area (Å²) < 4.78 is 0. The van der Waals surface area contributed by atoms with Gasteiger partial charge in [0.05, 0.1) is 13.1 Å². The summed E-state index contributed by atoms with van der Waals surface area (Å²) in [4.78, 5) is 12.6. The molecule has 3 heteroatoms. The molecule has 1 aliphatic heterocycles. The van der Waals surface area contributed by atoms with E-state index in [2.05, 4.69) is 6.58 Å². The van der Waals surface area contributed by atoms with Gasteiger partial charge in [-0.15, -0.1) is 0 Å². The molecule has 0 unspecified atom stereocenters. The zero-order valence-electron chi connectivity index (χ0n) is 7.58. The fourth-order valence-electron chi connectivity index (χ4n) is 1.26. The van der Waals surface area contributed by atoms with Crippen molar-refractivity contribution in [3.63, 3.8) is 0 Å². The topological polar surface area (TPSA) is 40.5 Å². The number of β-amino-alcohol motifs (C(OH)–C–C–N with tert-alkyl or cyclic N) is 1. The standard InChI is InChI=1S/C9H15NO2/c1-4-8(11)10-5-9(12,6-10)7(2)3/h4,7,12H,1,5-6H2,2-3H3. The summed E-state index contributed by atoms with van der Waals surface area (Å²) in [5, 5.41) is 9.77. The minimum absolute atomic E-state index is 0.0969. The van der Waals surface area contributed by atoms with Gasteiger partial charge in [0.1, 0.15) is 5.60 Å². The molecule has 0 aromatic carbocycles. The predicted octanol–water partition coefficient (Wildman–Crippen LogP) is 0.402. The minimum Gasteiger partial charge on any atom is -0.386 e. The molecule has 12 heavy (non-hydrogen) atoms. The third-order valence-corrected chi connectivity index (χ3v) is 2.49. The molecule has 0 aliphatic carbocycles. The molecule has 0 aromatic heterocycles. The van der Waals surface area contributed by atoms with Crippen LogP contribution < -0.4 is 0 Å². The lowest BCUT2D eigenvalue weighted by molar-refractivity contribution is -0.158. The number of hydrogen-bond acceptors (Lipinski definition) is 2. The van der Waals surface area contributed by atoms with E-state index in [4.69, 9.17) is 0 Å². The highest BCUT2D eigenvalue weighted by Crippen LogP contribution is 2.28. The first-order valence-electron chi connectivity index (χ1n) is 4.13. The lowest BCUT2D eigenvalue weighted by Crippen LogP contribution is -2.65. The predicted molar refractivity (Wildman–Crippen MR) is 46.6 cm³/mol. The van der Waals surface area contributed by atoms with Crippen molar-refractivity contribution in [1.29, 1.82) is 0 Å². The quantitative estimate of drug-likeness (QED) is 0.608. The third-order valence-electron chi connectivity index (χ3n) is 2.49. The lowest BCUT2D eigenvalue weighted by Gasteiger charge is -2.48. The van der Waals surface area contributed by atoms with Crippen LogP contribution in [0.15, 0.2) is 12.7 Å². The Balaban J connectivity index is 2.46. The maximum atomic E-state index is 11.0. The molecule has 0 atom stereocenters. The summed E-state index contributed by atoms with van der Waals surface area (Å²) >= 11 is 0. The van der Waals surface area contributed by atoms with E-state index in [1.807, 2.05) is 13.8 Å². The van der Waals surface area contributed by atoms with Gasteiger partial charge in [0, 0.05) is 0 Å². The second-order valence-corrected chi connectivity index (χ2v) is 3.66. The van der Waals surface area contributed by atoms with Gasteiger partial charge >= 0.3 is 0 Å². The highest BCUT2D eigenvalue weighted by Gasteiger charge is 2.44.